The second-order valence-electron chi connectivity index (χ2n) is 6.81. The van der Waals surface area contributed by atoms with Crippen molar-refractivity contribution < 1.29 is 9.53 Å². The lowest BCUT2D eigenvalue weighted by atomic mass is 9.93. The highest BCUT2D eigenvalue weighted by atomic mass is 32.2. The van der Waals surface area contributed by atoms with Gasteiger partial charge in [0.25, 0.3) is 0 Å². The molecule has 3 nitrogen and oxygen atoms in total. The summed E-state index contributed by atoms with van der Waals surface area (Å²) in [7, 11) is 1.70. The molecule has 2 aromatic rings. The van der Waals surface area contributed by atoms with Crippen LogP contribution in [0, 0.1) is 6.92 Å². The van der Waals surface area contributed by atoms with Crippen LogP contribution in [0.15, 0.2) is 47.4 Å². The van der Waals surface area contributed by atoms with Gasteiger partial charge in [0, 0.05) is 17.1 Å². The molecule has 0 spiro atoms. The van der Waals surface area contributed by atoms with Crippen LogP contribution in [0.1, 0.15) is 55.8 Å². The summed E-state index contributed by atoms with van der Waals surface area (Å²) in [6, 6.07) is 14.4. The molecule has 1 amide bonds. The molecule has 0 aromatic heterocycles. The van der Waals surface area contributed by atoms with Gasteiger partial charge in [-0.3, -0.25) is 4.79 Å². The third-order valence-corrected chi connectivity index (χ3v) is 5.44. The van der Waals surface area contributed by atoms with Gasteiger partial charge in [-0.15, -0.1) is 11.8 Å². The Hall–Kier alpha value is -1.94. The molecule has 0 fully saturated rings. The fourth-order valence-corrected chi connectivity index (χ4v) is 3.85. The zero-order valence-corrected chi connectivity index (χ0v) is 17.2. The van der Waals surface area contributed by atoms with Gasteiger partial charge >= 0.3 is 0 Å². The average molecular weight is 372 g/mol. The van der Waals surface area contributed by atoms with E-state index in [-0.39, 0.29) is 11.9 Å². The van der Waals surface area contributed by atoms with Crippen LogP contribution in [0.4, 0.5) is 0 Å². The highest BCUT2D eigenvalue weighted by molar-refractivity contribution is 7.99. The Morgan fingerprint density at radius 2 is 1.81 bits per heavy atom. The number of methoxy groups -OCH3 is 1. The topological polar surface area (TPSA) is 38.3 Å². The van der Waals surface area contributed by atoms with E-state index in [2.05, 4.69) is 50.4 Å². The van der Waals surface area contributed by atoms with E-state index in [1.807, 2.05) is 25.1 Å². The number of hydrogen-bond donors (Lipinski definition) is 1. The first-order valence-corrected chi connectivity index (χ1v) is 10.1. The van der Waals surface area contributed by atoms with Crippen molar-refractivity contribution in [1.82, 2.24) is 5.32 Å². The van der Waals surface area contributed by atoms with Crippen molar-refractivity contribution >= 4 is 17.7 Å². The number of rotatable bonds is 8. The monoisotopic (exact) mass is 371 g/mol. The second kappa shape index (κ2) is 9.67. The normalized spacial score (nSPS) is 12.1. The van der Waals surface area contributed by atoms with Crippen molar-refractivity contribution in [3.8, 4) is 5.75 Å². The second-order valence-corrected chi connectivity index (χ2v) is 7.97. The van der Waals surface area contributed by atoms with Crippen LogP contribution in [0.25, 0.3) is 0 Å². The third-order valence-electron chi connectivity index (χ3n) is 4.43. The van der Waals surface area contributed by atoms with Gasteiger partial charge in [-0.05, 0) is 60.7 Å². The Balaban J connectivity index is 1.97. The van der Waals surface area contributed by atoms with Gasteiger partial charge in [-0.2, -0.15) is 0 Å². The maximum atomic E-state index is 12.3. The fourth-order valence-electron chi connectivity index (χ4n) is 2.98. The molecule has 4 heteroatoms. The average Bonchev–Trinajstić information content (AvgIpc) is 2.61. The van der Waals surface area contributed by atoms with E-state index in [0.717, 1.165) is 22.6 Å². The molecule has 0 aliphatic carbocycles. The first kappa shape index (κ1) is 20.4. The zero-order valence-electron chi connectivity index (χ0n) is 16.3. The fraction of sp³-hybridized carbons (Fsp3) is 0.409. The van der Waals surface area contributed by atoms with Crippen LogP contribution >= 0.6 is 11.8 Å². The summed E-state index contributed by atoms with van der Waals surface area (Å²) in [6.07, 6.45) is 0.510. The predicted molar refractivity (Wildman–Crippen MR) is 110 cm³/mol. The van der Waals surface area contributed by atoms with Gasteiger partial charge in [0.2, 0.25) is 5.91 Å². The molecule has 0 heterocycles. The van der Waals surface area contributed by atoms with E-state index in [4.69, 9.17) is 4.74 Å². The van der Waals surface area contributed by atoms with Crippen molar-refractivity contribution in [3.63, 3.8) is 0 Å². The third kappa shape index (κ3) is 5.53. The van der Waals surface area contributed by atoms with Crippen molar-refractivity contribution in [1.29, 1.82) is 0 Å². The van der Waals surface area contributed by atoms with Crippen molar-refractivity contribution in [2.45, 2.75) is 51.0 Å². The number of carbonyl (C=O) groups is 1. The van der Waals surface area contributed by atoms with E-state index < -0.39 is 0 Å². The van der Waals surface area contributed by atoms with Crippen LogP contribution in [0.3, 0.4) is 0 Å². The molecule has 2 rings (SSSR count). The number of amides is 1. The molecule has 1 atom stereocenters. The molecule has 2 aromatic carbocycles. The number of thioether (sulfide) groups is 1. The van der Waals surface area contributed by atoms with Gasteiger partial charge < -0.3 is 10.1 Å². The van der Waals surface area contributed by atoms with Crippen LogP contribution < -0.4 is 10.1 Å². The lowest BCUT2D eigenvalue weighted by Crippen LogP contribution is -2.27. The minimum Gasteiger partial charge on any atom is -0.496 e. The summed E-state index contributed by atoms with van der Waals surface area (Å²) in [5.74, 6) is 2.15. The van der Waals surface area contributed by atoms with E-state index in [0.29, 0.717) is 12.3 Å². The summed E-state index contributed by atoms with van der Waals surface area (Å²) >= 11 is 1.71. The molecule has 0 bridgehead atoms. The van der Waals surface area contributed by atoms with Gasteiger partial charge in [-0.25, -0.2) is 0 Å². The summed E-state index contributed by atoms with van der Waals surface area (Å²) in [5, 5.41) is 3.13. The Kier molecular flexibility index (Phi) is 7.58. The zero-order chi connectivity index (χ0) is 19.1. The quantitative estimate of drug-likeness (QED) is 0.624. The molecular weight excluding hydrogens is 342 g/mol. The molecule has 140 valence electrons. The number of carbonyl (C=O) groups excluding carboxylic acids is 1. The predicted octanol–water partition coefficient (Wildman–Crippen LogP) is 5.49. The number of nitrogens with one attached hydrogen (secondary N) is 1. The number of hydrogen-bond acceptors (Lipinski definition) is 3. The number of ether oxygens (including phenoxy) is 1. The SMILES string of the molecule is COc1cc(C)c([C@@H](C)NC(=O)CCSc2ccccc2)cc1C(C)C. The van der Waals surface area contributed by atoms with Gasteiger partial charge in [-0.1, -0.05) is 32.0 Å². The van der Waals surface area contributed by atoms with Crippen molar-refractivity contribution in [3.05, 3.63) is 59.2 Å². The molecule has 0 aliphatic rings. The van der Waals surface area contributed by atoms with Gasteiger partial charge in [0.15, 0.2) is 0 Å². The Morgan fingerprint density at radius 1 is 1.12 bits per heavy atom. The lowest BCUT2D eigenvalue weighted by Gasteiger charge is -2.21. The van der Waals surface area contributed by atoms with Crippen LogP contribution in [-0.2, 0) is 4.79 Å². The summed E-state index contributed by atoms with van der Waals surface area (Å²) in [5.41, 5.74) is 3.46. The van der Waals surface area contributed by atoms with E-state index in [1.54, 1.807) is 18.9 Å². The van der Waals surface area contributed by atoms with Crippen LogP contribution in [0.5, 0.6) is 5.75 Å². The van der Waals surface area contributed by atoms with Crippen LogP contribution in [0.2, 0.25) is 0 Å². The van der Waals surface area contributed by atoms with Crippen LogP contribution in [-0.4, -0.2) is 18.8 Å². The lowest BCUT2D eigenvalue weighted by molar-refractivity contribution is -0.121. The minimum atomic E-state index is -0.0207. The molecule has 0 aliphatic heterocycles. The Labute approximate surface area is 161 Å². The summed E-state index contributed by atoms with van der Waals surface area (Å²) in [4.78, 5) is 13.5. The molecule has 0 unspecified atom stereocenters. The Morgan fingerprint density at radius 3 is 2.42 bits per heavy atom. The number of benzene rings is 2. The summed E-state index contributed by atoms with van der Waals surface area (Å²) in [6.45, 7) is 8.42. The molecule has 0 saturated heterocycles. The largest absolute Gasteiger partial charge is 0.496 e. The highest BCUT2D eigenvalue weighted by Gasteiger charge is 2.16. The molecule has 1 N–H and O–H groups in total. The highest BCUT2D eigenvalue weighted by Crippen LogP contribution is 2.32. The van der Waals surface area contributed by atoms with E-state index in [1.165, 1.54) is 10.5 Å². The molecule has 0 saturated carbocycles. The molecule has 0 radical (unpaired) electrons. The van der Waals surface area contributed by atoms with E-state index >= 15 is 0 Å². The van der Waals surface area contributed by atoms with Gasteiger partial charge in [0.05, 0.1) is 13.2 Å². The minimum absolute atomic E-state index is 0.0207. The maximum absolute atomic E-state index is 12.3. The number of aryl methyl sites for hydroxylation is 1. The first-order chi connectivity index (χ1) is 12.4. The van der Waals surface area contributed by atoms with Crippen molar-refractivity contribution in [2.75, 3.05) is 12.9 Å². The Bertz CT molecular complexity index is 728. The summed E-state index contributed by atoms with van der Waals surface area (Å²) < 4.78 is 5.51. The van der Waals surface area contributed by atoms with Gasteiger partial charge in [0.1, 0.15) is 5.75 Å². The maximum Gasteiger partial charge on any atom is 0.221 e. The first-order valence-electron chi connectivity index (χ1n) is 9.08. The molecular formula is C22H29NO2S. The standard InChI is InChI=1S/C22H29NO2S/c1-15(2)19-14-20(16(3)13-21(19)25-5)17(4)23-22(24)11-12-26-18-9-7-6-8-10-18/h6-10,13-15,17H,11-12H2,1-5H3,(H,23,24)/t17-/m1/s1. The van der Waals surface area contributed by atoms with Crippen molar-refractivity contribution in [2.24, 2.45) is 0 Å². The smallest absolute Gasteiger partial charge is 0.221 e. The molecule has 26 heavy (non-hydrogen) atoms. The van der Waals surface area contributed by atoms with E-state index in [9.17, 15) is 4.79 Å².